The van der Waals surface area contributed by atoms with Gasteiger partial charge >= 0.3 is 0 Å². The second-order valence-corrected chi connectivity index (χ2v) is 7.62. The normalized spacial score (nSPS) is 16.6. The average molecular weight is 296 g/mol. The number of hydrogen-bond acceptors (Lipinski definition) is 3. The van der Waals surface area contributed by atoms with Crippen molar-refractivity contribution in [1.29, 1.82) is 0 Å². The number of anilines is 1. The van der Waals surface area contributed by atoms with E-state index in [-0.39, 0.29) is 0 Å². The maximum atomic E-state index is 12.5. The largest absolute Gasteiger partial charge is 0.385 e. The second-order valence-electron chi connectivity index (χ2n) is 5.89. The van der Waals surface area contributed by atoms with Gasteiger partial charge in [0.1, 0.15) is 0 Å². The van der Waals surface area contributed by atoms with E-state index in [4.69, 9.17) is 0 Å². The van der Waals surface area contributed by atoms with Gasteiger partial charge in [-0.25, -0.2) is 13.1 Å². The van der Waals surface area contributed by atoms with Crippen LogP contribution in [0.1, 0.15) is 32.8 Å². The van der Waals surface area contributed by atoms with Crippen LogP contribution >= 0.6 is 0 Å². The summed E-state index contributed by atoms with van der Waals surface area (Å²) in [6.07, 6.45) is 1.79. The molecule has 0 bridgehead atoms. The fourth-order valence-electron chi connectivity index (χ4n) is 2.28. The molecule has 0 aromatic heterocycles. The molecule has 2 rings (SSSR count). The third kappa shape index (κ3) is 3.33. The van der Waals surface area contributed by atoms with E-state index in [2.05, 4.69) is 30.8 Å². The number of sulfonamides is 1. The van der Waals surface area contributed by atoms with Crippen LogP contribution in [0.4, 0.5) is 5.69 Å². The Morgan fingerprint density at radius 1 is 1.30 bits per heavy atom. The standard InChI is InChI=1S/C15H24N2O2S/c1-11(2)12(3)10-17-20(18,19)15-8-4-7-14-13(15)6-5-9-16-14/h4,7-8,11-12,16-17H,5-6,9-10H2,1-3H3. The molecule has 20 heavy (non-hydrogen) atoms. The zero-order valence-electron chi connectivity index (χ0n) is 12.4. The molecule has 1 unspecified atom stereocenters. The van der Waals surface area contributed by atoms with Gasteiger partial charge < -0.3 is 5.32 Å². The Labute approximate surface area is 122 Å². The van der Waals surface area contributed by atoms with Gasteiger partial charge in [0.2, 0.25) is 10.0 Å². The number of benzene rings is 1. The quantitative estimate of drug-likeness (QED) is 0.878. The molecule has 0 amide bonds. The summed E-state index contributed by atoms with van der Waals surface area (Å²) in [4.78, 5) is 0.429. The molecule has 1 heterocycles. The molecule has 112 valence electrons. The van der Waals surface area contributed by atoms with Gasteiger partial charge in [0.15, 0.2) is 0 Å². The first-order valence-corrected chi connectivity index (χ1v) is 8.75. The summed E-state index contributed by atoms with van der Waals surface area (Å²) >= 11 is 0. The topological polar surface area (TPSA) is 58.2 Å². The van der Waals surface area contributed by atoms with Crippen molar-refractivity contribution in [3.05, 3.63) is 23.8 Å². The Hall–Kier alpha value is -1.07. The van der Waals surface area contributed by atoms with E-state index in [1.165, 1.54) is 0 Å². The van der Waals surface area contributed by atoms with Crippen molar-refractivity contribution in [3.63, 3.8) is 0 Å². The lowest BCUT2D eigenvalue weighted by Gasteiger charge is -2.22. The summed E-state index contributed by atoms with van der Waals surface area (Å²) < 4.78 is 27.7. The van der Waals surface area contributed by atoms with Crippen molar-refractivity contribution in [2.24, 2.45) is 11.8 Å². The monoisotopic (exact) mass is 296 g/mol. The third-order valence-electron chi connectivity index (χ3n) is 4.07. The van der Waals surface area contributed by atoms with Crippen LogP contribution in [0.2, 0.25) is 0 Å². The molecule has 0 fully saturated rings. The number of rotatable bonds is 5. The Morgan fingerprint density at radius 2 is 2.05 bits per heavy atom. The lowest BCUT2D eigenvalue weighted by molar-refractivity contribution is 0.414. The Bertz CT molecular complexity index is 567. The highest BCUT2D eigenvalue weighted by atomic mass is 32.2. The molecule has 4 nitrogen and oxygen atoms in total. The van der Waals surface area contributed by atoms with Crippen LogP contribution in [0, 0.1) is 11.8 Å². The lowest BCUT2D eigenvalue weighted by Crippen LogP contribution is -2.31. The van der Waals surface area contributed by atoms with Gasteiger partial charge in [-0.1, -0.05) is 26.8 Å². The maximum Gasteiger partial charge on any atom is 0.240 e. The highest BCUT2D eigenvalue weighted by Gasteiger charge is 2.23. The SMILES string of the molecule is CC(C)C(C)CNS(=O)(=O)c1cccc2c1CCCN2. The fraction of sp³-hybridized carbons (Fsp3) is 0.600. The van der Waals surface area contributed by atoms with Crippen molar-refractivity contribution in [3.8, 4) is 0 Å². The molecule has 0 saturated heterocycles. The summed E-state index contributed by atoms with van der Waals surface area (Å²) in [5.74, 6) is 0.784. The molecular weight excluding hydrogens is 272 g/mol. The minimum Gasteiger partial charge on any atom is -0.385 e. The predicted octanol–water partition coefficient (Wildman–Crippen LogP) is 2.62. The van der Waals surface area contributed by atoms with Gasteiger partial charge in [-0.05, 0) is 42.4 Å². The van der Waals surface area contributed by atoms with Crippen molar-refractivity contribution >= 4 is 15.7 Å². The zero-order chi connectivity index (χ0) is 14.8. The molecule has 1 aliphatic heterocycles. The van der Waals surface area contributed by atoms with E-state index < -0.39 is 10.0 Å². The van der Waals surface area contributed by atoms with Gasteiger partial charge in [-0.15, -0.1) is 0 Å². The first kappa shape index (κ1) is 15.3. The van der Waals surface area contributed by atoms with Crippen molar-refractivity contribution < 1.29 is 8.42 Å². The predicted molar refractivity (Wildman–Crippen MR) is 82.4 cm³/mol. The maximum absolute atomic E-state index is 12.5. The van der Waals surface area contributed by atoms with Crippen LogP contribution in [0.3, 0.4) is 0 Å². The van der Waals surface area contributed by atoms with Crippen LogP contribution in [-0.4, -0.2) is 21.5 Å². The van der Waals surface area contributed by atoms with Gasteiger partial charge in [0.25, 0.3) is 0 Å². The lowest BCUT2D eigenvalue weighted by atomic mass is 9.99. The van der Waals surface area contributed by atoms with Gasteiger partial charge in [0, 0.05) is 18.8 Å². The molecule has 0 aliphatic carbocycles. The Kier molecular flexibility index (Phi) is 4.70. The van der Waals surface area contributed by atoms with Gasteiger partial charge in [-0.2, -0.15) is 0 Å². The smallest absolute Gasteiger partial charge is 0.240 e. The van der Waals surface area contributed by atoms with E-state index >= 15 is 0 Å². The summed E-state index contributed by atoms with van der Waals surface area (Å²) in [5.41, 5.74) is 1.87. The molecule has 2 N–H and O–H groups in total. The van der Waals surface area contributed by atoms with Crippen LogP contribution in [0.25, 0.3) is 0 Å². The molecule has 0 spiro atoms. The van der Waals surface area contributed by atoms with E-state index in [1.807, 2.05) is 6.07 Å². The van der Waals surface area contributed by atoms with Gasteiger partial charge in [-0.3, -0.25) is 0 Å². The van der Waals surface area contributed by atoms with Crippen molar-refractivity contribution in [1.82, 2.24) is 4.72 Å². The van der Waals surface area contributed by atoms with Crippen LogP contribution in [-0.2, 0) is 16.4 Å². The molecule has 0 radical (unpaired) electrons. The molecular formula is C15H24N2O2S. The van der Waals surface area contributed by atoms with Crippen LogP contribution in [0.5, 0.6) is 0 Å². The van der Waals surface area contributed by atoms with Crippen LogP contribution < -0.4 is 10.0 Å². The number of hydrogen-bond donors (Lipinski definition) is 2. The Balaban J connectivity index is 2.22. The number of fused-ring (bicyclic) bond motifs is 1. The first-order valence-electron chi connectivity index (χ1n) is 7.27. The van der Waals surface area contributed by atoms with E-state index in [0.29, 0.717) is 23.3 Å². The summed E-state index contributed by atoms with van der Waals surface area (Å²) in [7, 11) is -3.42. The van der Waals surface area contributed by atoms with Crippen molar-refractivity contribution in [2.45, 2.75) is 38.5 Å². The molecule has 1 aromatic rings. The molecule has 5 heteroatoms. The van der Waals surface area contributed by atoms with Gasteiger partial charge in [0.05, 0.1) is 4.90 Å². The minimum absolute atomic E-state index is 0.322. The van der Waals surface area contributed by atoms with E-state index in [9.17, 15) is 8.42 Å². The summed E-state index contributed by atoms with van der Waals surface area (Å²) in [6, 6.07) is 5.45. The van der Waals surface area contributed by atoms with Crippen LogP contribution in [0.15, 0.2) is 23.1 Å². The molecule has 1 aliphatic rings. The van der Waals surface area contributed by atoms with E-state index in [1.54, 1.807) is 12.1 Å². The second kappa shape index (κ2) is 6.14. The summed E-state index contributed by atoms with van der Waals surface area (Å²) in [6.45, 7) is 7.67. The first-order chi connectivity index (χ1) is 9.42. The number of nitrogens with one attached hydrogen (secondary N) is 2. The van der Waals surface area contributed by atoms with E-state index in [0.717, 1.165) is 30.6 Å². The summed E-state index contributed by atoms with van der Waals surface area (Å²) in [5, 5.41) is 3.27. The molecule has 1 atom stereocenters. The average Bonchev–Trinajstić information content (AvgIpc) is 2.44. The van der Waals surface area contributed by atoms with Crippen molar-refractivity contribution in [2.75, 3.05) is 18.4 Å². The fourth-order valence-corrected chi connectivity index (χ4v) is 3.72. The third-order valence-corrected chi connectivity index (χ3v) is 5.58. The minimum atomic E-state index is -3.42. The molecule has 1 aromatic carbocycles. The highest BCUT2D eigenvalue weighted by Crippen LogP contribution is 2.28. The molecule has 0 saturated carbocycles. The highest BCUT2D eigenvalue weighted by molar-refractivity contribution is 7.89. The zero-order valence-corrected chi connectivity index (χ0v) is 13.3. The Morgan fingerprint density at radius 3 is 2.75 bits per heavy atom.